The van der Waals surface area contributed by atoms with E-state index in [4.69, 9.17) is 5.73 Å². The number of carbonyl (C=O) groups is 4. The molecular weight excluding hydrogens is 473 g/mol. The Morgan fingerprint density at radius 1 is 0.919 bits per heavy atom. The standard InChI is InChI=1S/C29H30FN3O4/c30-22-5-1-17(2-6-22)16-32(28(37)29-13-18-9-19(14-29)11-20(10-18)15-29)24-12-25(34)33(27(24)36)23-7-3-21(4-8-23)26(31)35/h1-8,18-20,24H,9-16H2,(H2,31,35). The largest absolute Gasteiger partial charge is 0.366 e. The summed E-state index contributed by atoms with van der Waals surface area (Å²) < 4.78 is 13.6. The molecule has 0 aromatic heterocycles. The molecule has 1 heterocycles. The predicted molar refractivity (Wildman–Crippen MR) is 133 cm³/mol. The summed E-state index contributed by atoms with van der Waals surface area (Å²) >= 11 is 0. The number of nitrogens with zero attached hydrogens (tertiary/aromatic N) is 2. The highest BCUT2D eigenvalue weighted by atomic mass is 19.1. The second-order valence-electron chi connectivity index (χ2n) is 11.5. The molecule has 4 bridgehead atoms. The molecule has 37 heavy (non-hydrogen) atoms. The minimum atomic E-state index is -0.936. The van der Waals surface area contributed by atoms with E-state index in [0.717, 1.165) is 24.2 Å². The van der Waals surface area contributed by atoms with Crippen molar-refractivity contribution in [1.29, 1.82) is 0 Å². The first-order valence-electron chi connectivity index (χ1n) is 13.0. The predicted octanol–water partition coefficient (Wildman–Crippen LogP) is 3.80. The number of halogens is 1. The van der Waals surface area contributed by atoms with E-state index in [2.05, 4.69) is 0 Å². The molecule has 7 rings (SSSR count). The van der Waals surface area contributed by atoms with Crippen LogP contribution in [0.5, 0.6) is 0 Å². The monoisotopic (exact) mass is 503 g/mol. The van der Waals surface area contributed by atoms with Crippen LogP contribution in [0.15, 0.2) is 48.5 Å². The van der Waals surface area contributed by atoms with Gasteiger partial charge in [0.25, 0.3) is 5.91 Å². The van der Waals surface area contributed by atoms with Crippen LogP contribution in [0.4, 0.5) is 10.1 Å². The van der Waals surface area contributed by atoms with E-state index in [1.807, 2.05) is 0 Å². The van der Waals surface area contributed by atoms with Crippen LogP contribution in [0.25, 0.3) is 0 Å². The third-order valence-corrected chi connectivity index (χ3v) is 8.93. The molecule has 2 aromatic rings. The Labute approximate surface area is 214 Å². The maximum absolute atomic E-state index is 14.4. The van der Waals surface area contributed by atoms with E-state index < -0.39 is 29.2 Å². The van der Waals surface area contributed by atoms with Crippen LogP contribution >= 0.6 is 0 Å². The van der Waals surface area contributed by atoms with Gasteiger partial charge in [-0.1, -0.05) is 12.1 Å². The average Bonchev–Trinajstić information content (AvgIpc) is 3.16. The summed E-state index contributed by atoms with van der Waals surface area (Å²) in [6.45, 7) is 0.138. The van der Waals surface area contributed by atoms with E-state index in [-0.39, 0.29) is 30.3 Å². The zero-order valence-corrected chi connectivity index (χ0v) is 20.6. The van der Waals surface area contributed by atoms with Gasteiger partial charge in [0, 0.05) is 12.1 Å². The van der Waals surface area contributed by atoms with Crippen molar-refractivity contribution in [2.45, 2.75) is 57.5 Å². The first-order valence-corrected chi connectivity index (χ1v) is 13.0. The first-order chi connectivity index (χ1) is 17.7. The highest BCUT2D eigenvalue weighted by molar-refractivity contribution is 6.23. The quantitative estimate of drug-likeness (QED) is 0.606. The Kier molecular flexibility index (Phi) is 5.66. The zero-order chi connectivity index (χ0) is 25.9. The molecular formula is C29H30FN3O4. The fraction of sp³-hybridized carbons (Fsp3) is 0.448. The molecule has 2 N–H and O–H groups in total. The van der Waals surface area contributed by atoms with Crippen molar-refractivity contribution in [3.8, 4) is 0 Å². The van der Waals surface area contributed by atoms with Gasteiger partial charge in [-0.3, -0.25) is 19.2 Å². The summed E-state index contributed by atoms with van der Waals surface area (Å²) in [6, 6.07) is 11.0. The lowest BCUT2D eigenvalue weighted by Gasteiger charge is -2.57. The van der Waals surface area contributed by atoms with Crippen molar-refractivity contribution >= 4 is 29.3 Å². The molecule has 192 valence electrons. The number of imide groups is 1. The number of carbonyl (C=O) groups excluding carboxylic acids is 4. The second-order valence-corrected chi connectivity index (χ2v) is 11.5. The van der Waals surface area contributed by atoms with Crippen LogP contribution in [0, 0.1) is 29.0 Å². The molecule has 4 amide bonds. The summed E-state index contributed by atoms with van der Waals surface area (Å²) in [4.78, 5) is 55.3. The fourth-order valence-corrected chi connectivity index (χ4v) is 7.69. The van der Waals surface area contributed by atoms with Gasteiger partial charge in [-0.15, -0.1) is 0 Å². The molecule has 0 radical (unpaired) electrons. The number of hydrogen-bond acceptors (Lipinski definition) is 4. The van der Waals surface area contributed by atoms with E-state index in [1.54, 1.807) is 17.0 Å². The van der Waals surface area contributed by atoms with E-state index in [9.17, 15) is 23.6 Å². The molecule has 1 unspecified atom stereocenters. The SMILES string of the molecule is NC(=O)c1ccc(N2C(=O)CC(N(Cc3ccc(F)cc3)C(=O)C34CC5CC(CC(C5)C3)C4)C2=O)cc1. The van der Waals surface area contributed by atoms with Crippen LogP contribution in [0.1, 0.15) is 60.9 Å². The van der Waals surface area contributed by atoms with Crippen LogP contribution in [-0.2, 0) is 20.9 Å². The normalized spacial score (nSPS) is 30.1. The van der Waals surface area contributed by atoms with Gasteiger partial charge in [-0.25, -0.2) is 9.29 Å². The van der Waals surface area contributed by atoms with Crippen LogP contribution in [-0.4, -0.2) is 34.6 Å². The highest BCUT2D eigenvalue weighted by Gasteiger charge is 2.57. The molecule has 8 heteroatoms. The van der Waals surface area contributed by atoms with Crippen molar-refractivity contribution in [3.05, 3.63) is 65.5 Å². The number of amides is 4. The average molecular weight is 504 g/mol. The summed E-state index contributed by atoms with van der Waals surface area (Å²) in [7, 11) is 0. The van der Waals surface area contributed by atoms with Gasteiger partial charge in [0.2, 0.25) is 17.7 Å². The minimum Gasteiger partial charge on any atom is -0.366 e. The number of anilines is 1. The molecule has 2 aromatic carbocycles. The lowest BCUT2D eigenvalue weighted by Crippen LogP contribution is -2.57. The van der Waals surface area contributed by atoms with Gasteiger partial charge < -0.3 is 10.6 Å². The first kappa shape index (κ1) is 23.8. The molecule has 1 atom stereocenters. The maximum Gasteiger partial charge on any atom is 0.257 e. The molecule has 5 fully saturated rings. The lowest BCUT2D eigenvalue weighted by atomic mass is 9.49. The van der Waals surface area contributed by atoms with Gasteiger partial charge in [0.1, 0.15) is 11.9 Å². The Hall–Kier alpha value is -3.55. The molecule has 1 saturated heterocycles. The minimum absolute atomic E-state index is 0.0481. The number of primary amides is 1. The van der Waals surface area contributed by atoms with Crippen LogP contribution in [0.3, 0.4) is 0 Å². The van der Waals surface area contributed by atoms with Crippen molar-refractivity contribution in [1.82, 2.24) is 4.90 Å². The van der Waals surface area contributed by atoms with Crippen molar-refractivity contribution in [3.63, 3.8) is 0 Å². The molecule has 4 saturated carbocycles. The number of nitrogens with two attached hydrogens (primary N) is 1. The smallest absolute Gasteiger partial charge is 0.257 e. The lowest BCUT2D eigenvalue weighted by molar-refractivity contribution is -0.162. The highest BCUT2D eigenvalue weighted by Crippen LogP contribution is 2.60. The molecule has 7 nitrogen and oxygen atoms in total. The second kappa shape index (κ2) is 8.78. The van der Waals surface area contributed by atoms with Gasteiger partial charge in [0.05, 0.1) is 17.5 Å². The summed E-state index contributed by atoms with van der Waals surface area (Å²) in [5.74, 6) is -0.248. The van der Waals surface area contributed by atoms with Crippen LogP contribution < -0.4 is 10.6 Å². The third kappa shape index (κ3) is 4.12. The number of benzene rings is 2. The van der Waals surface area contributed by atoms with Crippen molar-refractivity contribution in [2.75, 3.05) is 4.90 Å². The zero-order valence-electron chi connectivity index (χ0n) is 20.6. The summed E-state index contributed by atoms with van der Waals surface area (Å²) in [6.07, 6.45) is 5.94. The van der Waals surface area contributed by atoms with Gasteiger partial charge in [-0.05, 0) is 98.2 Å². The van der Waals surface area contributed by atoms with E-state index in [1.165, 1.54) is 55.7 Å². The van der Waals surface area contributed by atoms with Crippen molar-refractivity contribution < 1.29 is 23.6 Å². The van der Waals surface area contributed by atoms with Crippen molar-refractivity contribution in [2.24, 2.45) is 28.9 Å². The van der Waals surface area contributed by atoms with Gasteiger partial charge in [-0.2, -0.15) is 0 Å². The van der Waals surface area contributed by atoms with Gasteiger partial charge in [0.15, 0.2) is 0 Å². The number of hydrogen-bond donors (Lipinski definition) is 1. The molecule has 1 aliphatic heterocycles. The Morgan fingerprint density at radius 3 is 2.03 bits per heavy atom. The maximum atomic E-state index is 14.4. The number of rotatable bonds is 6. The fourth-order valence-electron chi connectivity index (χ4n) is 7.69. The van der Waals surface area contributed by atoms with E-state index in [0.29, 0.717) is 29.0 Å². The third-order valence-electron chi connectivity index (χ3n) is 8.93. The van der Waals surface area contributed by atoms with Gasteiger partial charge >= 0.3 is 0 Å². The summed E-state index contributed by atoms with van der Waals surface area (Å²) in [5, 5.41) is 0. The topological polar surface area (TPSA) is 101 Å². The van der Waals surface area contributed by atoms with E-state index >= 15 is 0 Å². The Balaban J connectivity index is 1.33. The summed E-state index contributed by atoms with van der Waals surface area (Å²) in [5.41, 5.74) is 6.15. The van der Waals surface area contributed by atoms with Crippen LogP contribution in [0.2, 0.25) is 0 Å². The Morgan fingerprint density at radius 2 is 1.49 bits per heavy atom. The Bertz CT molecular complexity index is 1240. The molecule has 5 aliphatic rings. The molecule has 4 aliphatic carbocycles. The molecule has 0 spiro atoms.